The average molecular weight is 296 g/mol. The fourth-order valence-electron chi connectivity index (χ4n) is 1.86. The second-order valence-electron chi connectivity index (χ2n) is 6.10. The maximum atomic E-state index is 12.1. The lowest BCUT2D eigenvalue weighted by atomic mass is 9.96. The minimum absolute atomic E-state index is 0.132. The SMILES string of the molecule is CCc1cc#ccc1-c1nc(C)nc(NC(=O)C(C)(C)C)n1. The minimum atomic E-state index is -0.509. The highest BCUT2D eigenvalue weighted by Crippen LogP contribution is 2.21. The molecule has 0 spiro atoms. The molecule has 0 aliphatic carbocycles. The molecular weight excluding hydrogens is 276 g/mol. The van der Waals surface area contributed by atoms with Crippen LogP contribution in [-0.2, 0) is 11.2 Å². The molecule has 0 radical (unpaired) electrons. The smallest absolute Gasteiger partial charge is 0.233 e. The fraction of sp³-hybridized carbons (Fsp3) is 0.412. The summed E-state index contributed by atoms with van der Waals surface area (Å²) in [7, 11) is 0. The second-order valence-corrected chi connectivity index (χ2v) is 6.10. The Labute approximate surface area is 131 Å². The predicted molar refractivity (Wildman–Crippen MR) is 85.1 cm³/mol. The third kappa shape index (κ3) is 3.59. The first-order valence-electron chi connectivity index (χ1n) is 7.26. The maximum absolute atomic E-state index is 12.1. The summed E-state index contributed by atoms with van der Waals surface area (Å²) in [4.78, 5) is 25.0. The summed E-state index contributed by atoms with van der Waals surface area (Å²) in [6.07, 6.45) is 0.842. The van der Waals surface area contributed by atoms with Crippen molar-refractivity contribution in [3.63, 3.8) is 0 Å². The van der Waals surface area contributed by atoms with Crippen LogP contribution in [0.2, 0.25) is 0 Å². The number of carbonyl (C=O) groups excluding carboxylic acids is 1. The lowest BCUT2D eigenvalue weighted by molar-refractivity contribution is -0.123. The Morgan fingerprint density at radius 3 is 2.50 bits per heavy atom. The third-order valence-electron chi connectivity index (χ3n) is 3.17. The van der Waals surface area contributed by atoms with Crippen LogP contribution in [0.15, 0.2) is 12.1 Å². The molecule has 1 amide bonds. The largest absolute Gasteiger partial charge is 0.294 e. The maximum Gasteiger partial charge on any atom is 0.233 e. The van der Waals surface area contributed by atoms with Gasteiger partial charge in [-0.05, 0) is 31.0 Å². The van der Waals surface area contributed by atoms with E-state index in [0.717, 1.165) is 17.5 Å². The van der Waals surface area contributed by atoms with E-state index in [1.807, 2.05) is 32.9 Å². The number of nitrogens with one attached hydrogen (secondary N) is 1. The van der Waals surface area contributed by atoms with Crippen LogP contribution >= 0.6 is 0 Å². The van der Waals surface area contributed by atoms with Gasteiger partial charge in [0.15, 0.2) is 5.82 Å². The molecule has 0 aliphatic rings. The van der Waals surface area contributed by atoms with Crippen molar-refractivity contribution in [3.8, 4) is 11.4 Å². The van der Waals surface area contributed by atoms with Crippen LogP contribution in [0.3, 0.4) is 0 Å². The predicted octanol–water partition coefficient (Wildman–Crippen LogP) is 2.99. The van der Waals surface area contributed by atoms with Crippen LogP contribution in [0.4, 0.5) is 5.95 Å². The summed E-state index contributed by atoms with van der Waals surface area (Å²) in [5.74, 6) is 1.24. The fourth-order valence-corrected chi connectivity index (χ4v) is 1.86. The van der Waals surface area contributed by atoms with E-state index in [1.54, 1.807) is 6.92 Å². The van der Waals surface area contributed by atoms with Gasteiger partial charge in [-0.15, -0.1) is 0 Å². The molecule has 5 heteroatoms. The average Bonchev–Trinajstić information content (AvgIpc) is 2.45. The zero-order chi connectivity index (χ0) is 16.3. The molecule has 0 bridgehead atoms. The number of hydrogen-bond donors (Lipinski definition) is 1. The molecule has 0 fully saturated rings. The van der Waals surface area contributed by atoms with Crippen LogP contribution in [0.25, 0.3) is 11.4 Å². The number of carbonyl (C=O) groups is 1. The van der Waals surface area contributed by atoms with Gasteiger partial charge in [0.1, 0.15) is 5.82 Å². The molecule has 1 aromatic carbocycles. The summed E-state index contributed by atoms with van der Waals surface area (Å²) in [6, 6.07) is 9.55. The highest BCUT2D eigenvalue weighted by molar-refractivity contribution is 5.93. The Morgan fingerprint density at radius 1 is 1.18 bits per heavy atom. The van der Waals surface area contributed by atoms with Gasteiger partial charge in [-0.3, -0.25) is 10.1 Å². The number of rotatable bonds is 3. The molecule has 114 valence electrons. The Balaban J connectivity index is 2.41. The van der Waals surface area contributed by atoms with E-state index >= 15 is 0 Å². The van der Waals surface area contributed by atoms with Crippen molar-refractivity contribution in [2.24, 2.45) is 5.41 Å². The lowest BCUT2D eigenvalue weighted by Gasteiger charge is -2.17. The first kappa shape index (κ1) is 15.9. The molecule has 1 N–H and O–H groups in total. The molecule has 1 aromatic heterocycles. The summed E-state index contributed by atoms with van der Waals surface area (Å²) >= 11 is 0. The van der Waals surface area contributed by atoms with Crippen molar-refractivity contribution >= 4 is 11.9 Å². The van der Waals surface area contributed by atoms with Crippen molar-refractivity contribution in [1.82, 2.24) is 15.0 Å². The number of anilines is 1. The van der Waals surface area contributed by atoms with Crippen molar-refractivity contribution in [3.05, 3.63) is 35.7 Å². The molecule has 1 heterocycles. The first-order valence-corrected chi connectivity index (χ1v) is 7.26. The Morgan fingerprint density at radius 2 is 1.86 bits per heavy atom. The summed E-state index contributed by atoms with van der Waals surface area (Å²) < 4.78 is 0. The van der Waals surface area contributed by atoms with E-state index in [-0.39, 0.29) is 11.9 Å². The molecular formula is C17H20N4O. The number of hydrogen-bond acceptors (Lipinski definition) is 4. The van der Waals surface area contributed by atoms with E-state index in [0.29, 0.717) is 11.6 Å². The van der Waals surface area contributed by atoms with E-state index in [4.69, 9.17) is 0 Å². The molecule has 22 heavy (non-hydrogen) atoms. The topological polar surface area (TPSA) is 67.8 Å². The standard InChI is InChI=1S/C17H20N4O/c1-6-12-9-7-8-10-13(12)14-18-11(2)19-16(20-14)21-15(22)17(3,4)5/h9-10H,6H2,1-5H3,(H,18,19,20,21,22). The van der Waals surface area contributed by atoms with Gasteiger partial charge in [0, 0.05) is 11.0 Å². The van der Waals surface area contributed by atoms with Crippen LogP contribution < -0.4 is 5.32 Å². The molecule has 0 atom stereocenters. The van der Waals surface area contributed by atoms with Crippen molar-refractivity contribution in [2.75, 3.05) is 5.32 Å². The number of aryl methyl sites for hydroxylation is 2. The summed E-state index contributed by atoms with van der Waals surface area (Å²) in [6.45, 7) is 9.36. The summed E-state index contributed by atoms with van der Waals surface area (Å²) in [5.41, 5.74) is 1.46. The normalized spacial score (nSPS) is 11.0. The monoisotopic (exact) mass is 296 g/mol. The van der Waals surface area contributed by atoms with Crippen LogP contribution in [0, 0.1) is 24.5 Å². The zero-order valence-corrected chi connectivity index (χ0v) is 13.6. The second kappa shape index (κ2) is 6.10. The third-order valence-corrected chi connectivity index (χ3v) is 3.17. The van der Waals surface area contributed by atoms with Crippen LogP contribution in [0.1, 0.15) is 39.1 Å². The highest BCUT2D eigenvalue weighted by atomic mass is 16.2. The van der Waals surface area contributed by atoms with E-state index < -0.39 is 5.41 Å². The van der Waals surface area contributed by atoms with Gasteiger partial charge in [-0.1, -0.05) is 39.8 Å². The molecule has 0 unspecified atom stereocenters. The highest BCUT2D eigenvalue weighted by Gasteiger charge is 2.22. The van der Waals surface area contributed by atoms with E-state index in [1.165, 1.54) is 0 Å². The van der Waals surface area contributed by atoms with Gasteiger partial charge in [-0.2, -0.15) is 9.97 Å². The molecule has 2 aromatic rings. The summed E-state index contributed by atoms with van der Waals surface area (Å²) in [5, 5.41) is 2.75. The molecule has 2 rings (SSSR count). The van der Waals surface area contributed by atoms with Crippen LogP contribution in [-0.4, -0.2) is 20.9 Å². The van der Waals surface area contributed by atoms with Crippen molar-refractivity contribution < 1.29 is 4.79 Å². The molecule has 0 saturated carbocycles. The minimum Gasteiger partial charge on any atom is -0.294 e. The van der Waals surface area contributed by atoms with Crippen molar-refractivity contribution in [2.45, 2.75) is 41.0 Å². The van der Waals surface area contributed by atoms with Crippen LogP contribution in [0.5, 0.6) is 0 Å². The van der Waals surface area contributed by atoms with E-state index in [2.05, 4.69) is 39.3 Å². The first-order chi connectivity index (χ1) is 10.3. The number of nitrogens with zero attached hydrogens (tertiary/aromatic N) is 3. The van der Waals surface area contributed by atoms with E-state index in [9.17, 15) is 4.79 Å². The Hall–Kier alpha value is -2.48. The lowest BCUT2D eigenvalue weighted by Crippen LogP contribution is -2.28. The Kier molecular flexibility index (Phi) is 4.41. The number of aromatic nitrogens is 3. The molecule has 0 saturated heterocycles. The van der Waals surface area contributed by atoms with Crippen molar-refractivity contribution in [1.29, 1.82) is 0 Å². The molecule has 5 nitrogen and oxygen atoms in total. The van der Waals surface area contributed by atoms with Gasteiger partial charge < -0.3 is 0 Å². The van der Waals surface area contributed by atoms with Gasteiger partial charge in [0.2, 0.25) is 11.9 Å². The molecule has 0 aliphatic heterocycles. The number of amides is 1. The Bertz CT molecular complexity index is 689. The van der Waals surface area contributed by atoms with Gasteiger partial charge >= 0.3 is 0 Å². The quantitative estimate of drug-likeness (QED) is 0.945. The zero-order valence-electron chi connectivity index (χ0n) is 13.6. The van der Waals surface area contributed by atoms with Gasteiger partial charge in [0.25, 0.3) is 0 Å². The van der Waals surface area contributed by atoms with Gasteiger partial charge in [-0.25, -0.2) is 4.98 Å². The van der Waals surface area contributed by atoms with Gasteiger partial charge in [0.05, 0.1) is 0 Å².